The second-order valence-electron chi connectivity index (χ2n) is 18.9. The number of phenolic OH excluding ortho intramolecular Hbond substituents is 1. The number of aromatic nitrogens is 2. The van der Waals surface area contributed by atoms with Crippen molar-refractivity contribution in [3.8, 4) is 5.75 Å². The highest BCUT2D eigenvalue weighted by Gasteiger charge is 2.40. The first kappa shape index (κ1) is 61.3. The Hall–Kier alpha value is -6.96. The van der Waals surface area contributed by atoms with Gasteiger partial charge >= 0.3 is 11.9 Å². The Labute approximate surface area is 434 Å². The molecule has 7 amide bonds. The van der Waals surface area contributed by atoms with Crippen LogP contribution in [-0.4, -0.2) is 162 Å². The molecule has 2 heterocycles. The number of unbranched alkanes of at least 4 members (excludes halogenated alkanes) is 1. The molecule has 1 aliphatic heterocycles. The molecule has 1 aromatic heterocycles. The zero-order valence-corrected chi connectivity index (χ0v) is 43.5. The molecule has 0 spiro atoms. The summed E-state index contributed by atoms with van der Waals surface area (Å²) in [6, 6.07) is -4.56. The Bertz CT molecular complexity index is 2230. The van der Waals surface area contributed by atoms with E-state index in [4.69, 9.17) is 17.2 Å². The Morgan fingerprint density at radius 3 is 2.04 bits per heavy atom. The SMILES string of the molecule is CCCCSC[C@H](NC(=O)[C@H](Cc1ccc(O)cc1)NC(=O)[C@@H](NC(=O)[C@H](CCCN=C(N)N)NC(=O)[C@@H](N)CC(=O)O)C(C)C)C(=O)N[C@@H](Cc1cnc[nH]1)C(=O)N1CCC[C@H]1C(=O)N[C@@H](CC(C)C)C(=O)O. The van der Waals surface area contributed by atoms with E-state index in [0.29, 0.717) is 23.4 Å². The fourth-order valence-corrected chi connectivity index (χ4v) is 9.04. The van der Waals surface area contributed by atoms with Crippen LogP contribution in [0.2, 0.25) is 0 Å². The number of carboxylic acid groups (broad SMARTS) is 2. The first-order valence-corrected chi connectivity index (χ1v) is 25.9. The molecule has 0 bridgehead atoms. The van der Waals surface area contributed by atoms with Crippen LogP contribution in [0.3, 0.4) is 0 Å². The number of nitrogens with one attached hydrogen (secondary N) is 7. The van der Waals surface area contributed by atoms with E-state index in [-0.39, 0.29) is 75.0 Å². The number of H-pyrrole nitrogens is 1. The number of imidazole rings is 1. The summed E-state index contributed by atoms with van der Waals surface area (Å²) in [6.45, 7) is 9.09. The number of rotatable bonds is 32. The van der Waals surface area contributed by atoms with E-state index in [9.17, 15) is 58.5 Å². The fraction of sp³-hybridized carbons (Fsp3) is 0.604. The first-order chi connectivity index (χ1) is 35.0. The third-order valence-corrected chi connectivity index (χ3v) is 13.0. The van der Waals surface area contributed by atoms with Gasteiger partial charge in [0.1, 0.15) is 48.0 Å². The van der Waals surface area contributed by atoms with E-state index in [2.05, 4.69) is 46.9 Å². The number of amides is 7. The third-order valence-electron chi connectivity index (χ3n) is 11.9. The molecule has 8 atom stereocenters. The van der Waals surface area contributed by atoms with Crippen LogP contribution in [0, 0.1) is 11.8 Å². The maximum absolute atomic E-state index is 14.6. The summed E-state index contributed by atoms with van der Waals surface area (Å²) in [5.74, 6) is -8.33. The van der Waals surface area contributed by atoms with Crippen molar-refractivity contribution in [2.45, 2.75) is 147 Å². The van der Waals surface area contributed by atoms with Gasteiger partial charge < -0.3 is 74.3 Å². The molecule has 1 fully saturated rings. The van der Waals surface area contributed by atoms with Crippen molar-refractivity contribution in [3.05, 3.63) is 48.0 Å². The lowest BCUT2D eigenvalue weighted by atomic mass is 9.99. The predicted octanol–water partition coefficient (Wildman–Crippen LogP) is -1.02. The monoisotopic (exact) mass is 1060 g/mol. The van der Waals surface area contributed by atoms with Crippen molar-refractivity contribution in [2.24, 2.45) is 34.0 Å². The molecular formula is C48H75N13O12S. The van der Waals surface area contributed by atoms with Crippen molar-refractivity contribution < 1.29 is 58.5 Å². The van der Waals surface area contributed by atoms with Crippen LogP contribution >= 0.6 is 11.8 Å². The Kier molecular flexibility index (Phi) is 25.6. The quantitative estimate of drug-likeness (QED) is 0.0237. The van der Waals surface area contributed by atoms with E-state index < -0.39 is 114 Å². The van der Waals surface area contributed by atoms with Crippen molar-refractivity contribution >= 4 is 71.0 Å². The second-order valence-corrected chi connectivity index (χ2v) is 20.1. The highest BCUT2D eigenvalue weighted by molar-refractivity contribution is 7.99. The first-order valence-electron chi connectivity index (χ1n) is 24.7. The lowest BCUT2D eigenvalue weighted by Crippen LogP contribution is -2.61. The van der Waals surface area contributed by atoms with Gasteiger partial charge in [0.05, 0.1) is 18.8 Å². The van der Waals surface area contributed by atoms with Crippen LogP contribution in [0.1, 0.15) is 97.2 Å². The zero-order chi connectivity index (χ0) is 55.1. The van der Waals surface area contributed by atoms with Gasteiger partial charge in [-0.2, -0.15) is 11.8 Å². The number of phenols is 1. The molecule has 1 aliphatic rings. The number of carbonyl (C=O) groups excluding carboxylic acids is 7. The summed E-state index contributed by atoms with van der Waals surface area (Å²) >= 11 is 1.37. The summed E-state index contributed by atoms with van der Waals surface area (Å²) in [7, 11) is 0. The summed E-state index contributed by atoms with van der Waals surface area (Å²) in [6.07, 6.45) is 4.45. The largest absolute Gasteiger partial charge is 0.508 e. The van der Waals surface area contributed by atoms with Gasteiger partial charge in [-0.25, -0.2) is 9.78 Å². The number of nitrogens with two attached hydrogens (primary N) is 3. The molecule has 0 unspecified atom stereocenters. The van der Waals surface area contributed by atoms with E-state index >= 15 is 0 Å². The van der Waals surface area contributed by atoms with Crippen molar-refractivity contribution in [1.82, 2.24) is 46.8 Å². The van der Waals surface area contributed by atoms with Crippen molar-refractivity contribution in [3.63, 3.8) is 0 Å². The van der Waals surface area contributed by atoms with Crippen molar-refractivity contribution in [2.75, 3.05) is 24.6 Å². The van der Waals surface area contributed by atoms with E-state index in [1.165, 1.54) is 53.5 Å². The molecule has 26 heteroatoms. The number of hydrogen-bond donors (Lipinski definition) is 13. The minimum atomic E-state index is -1.51. The number of aromatic amines is 1. The van der Waals surface area contributed by atoms with Gasteiger partial charge in [-0.3, -0.25) is 43.3 Å². The normalized spacial score (nSPS) is 16.1. The number of carbonyl (C=O) groups is 9. The van der Waals surface area contributed by atoms with Crippen LogP contribution in [0.5, 0.6) is 5.75 Å². The zero-order valence-electron chi connectivity index (χ0n) is 42.6. The number of aromatic hydroxyl groups is 1. The molecule has 2 aromatic rings. The molecule has 16 N–H and O–H groups in total. The van der Waals surface area contributed by atoms with Gasteiger partial charge in [-0.05, 0) is 73.8 Å². The predicted molar refractivity (Wildman–Crippen MR) is 275 cm³/mol. The number of aliphatic carboxylic acids is 2. The molecule has 0 radical (unpaired) electrons. The fourth-order valence-electron chi connectivity index (χ4n) is 7.91. The molecule has 1 saturated heterocycles. The molecule has 410 valence electrons. The Balaban J connectivity index is 1.96. The Morgan fingerprint density at radius 2 is 1.45 bits per heavy atom. The van der Waals surface area contributed by atoms with Crippen LogP contribution in [0.25, 0.3) is 0 Å². The molecule has 3 rings (SSSR count). The van der Waals surface area contributed by atoms with Crippen LogP contribution in [0.4, 0.5) is 0 Å². The van der Waals surface area contributed by atoms with Gasteiger partial charge in [0.25, 0.3) is 0 Å². The molecule has 0 saturated carbocycles. The van der Waals surface area contributed by atoms with Gasteiger partial charge in [-0.15, -0.1) is 0 Å². The second kappa shape index (κ2) is 30.9. The number of guanidine groups is 1. The van der Waals surface area contributed by atoms with Gasteiger partial charge in [-0.1, -0.05) is 53.2 Å². The molecule has 0 aliphatic carbocycles. The van der Waals surface area contributed by atoms with E-state index in [1.54, 1.807) is 13.8 Å². The van der Waals surface area contributed by atoms with Gasteiger partial charge in [0.15, 0.2) is 5.96 Å². The minimum absolute atomic E-state index is 0.0285. The average Bonchev–Trinajstić information content (AvgIpc) is 4.05. The maximum atomic E-state index is 14.6. The molecule has 1 aromatic carbocycles. The lowest BCUT2D eigenvalue weighted by Gasteiger charge is -2.31. The molecule has 74 heavy (non-hydrogen) atoms. The number of thioether (sulfide) groups is 1. The van der Waals surface area contributed by atoms with Gasteiger partial charge in [0.2, 0.25) is 41.4 Å². The van der Waals surface area contributed by atoms with E-state index in [0.717, 1.165) is 12.8 Å². The van der Waals surface area contributed by atoms with Crippen molar-refractivity contribution in [1.29, 1.82) is 0 Å². The number of aliphatic imine (C=N–C) groups is 1. The number of benzene rings is 1. The smallest absolute Gasteiger partial charge is 0.326 e. The standard InChI is InChI=1S/C48H75N13O12S/c1-6-7-18-74-24-36(43(68)57-34(21-29-23-52-25-54-29)46(71)61-17-9-11-37(61)44(69)58-35(47(72)73)19-26(2)3)59-42(67)33(20-28-12-14-30(62)15-13-28)56-45(70)39(27(4)5)60-41(66)32(10-8-16-53-48(50)51)55-40(65)31(49)22-38(63)64/h12-15,23,25-27,31-37,39,62H,6-11,16-22,24,49H2,1-5H3,(H,52,54)(H,55,65)(H,56,70)(H,57,68)(H,58,69)(H,59,67)(H,60,66)(H,63,64)(H,72,73)(H4,50,51,53)/t31-,32-,33-,34-,35-,36-,37-,39-/m0/s1. The number of nitrogens with zero attached hydrogens (tertiary/aromatic N) is 3. The average molecular weight is 1060 g/mol. The summed E-state index contributed by atoms with van der Waals surface area (Å²) in [5, 5.41) is 45.0. The summed E-state index contributed by atoms with van der Waals surface area (Å²) < 4.78 is 0. The molecular weight excluding hydrogens is 983 g/mol. The van der Waals surface area contributed by atoms with Crippen LogP contribution < -0.4 is 49.1 Å². The van der Waals surface area contributed by atoms with Gasteiger partial charge in [0, 0.05) is 43.6 Å². The highest BCUT2D eigenvalue weighted by Crippen LogP contribution is 2.21. The minimum Gasteiger partial charge on any atom is -0.508 e. The number of likely N-dealkylation sites (tertiary alicyclic amines) is 1. The van der Waals surface area contributed by atoms with Crippen LogP contribution in [-0.2, 0) is 56.0 Å². The lowest BCUT2D eigenvalue weighted by molar-refractivity contribution is -0.145. The summed E-state index contributed by atoms with van der Waals surface area (Å²) in [4.78, 5) is 134. The van der Waals surface area contributed by atoms with Crippen LogP contribution in [0.15, 0.2) is 41.8 Å². The number of carboxylic acids is 2. The maximum Gasteiger partial charge on any atom is 0.326 e. The van der Waals surface area contributed by atoms with E-state index in [1.807, 2.05) is 20.8 Å². The Morgan fingerprint density at radius 1 is 0.811 bits per heavy atom. The third kappa shape index (κ3) is 20.9. The number of hydrogen-bond acceptors (Lipinski definition) is 14. The summed E-state index contributed by atoms with van der Waals surface area (Å²) in [5.41, 5.74) is 17.6. The molecule has 25 nitrogen and oxygen atoms in total. The topological polar surface area (TPSA) is 409 Å². The highest BCUT2D eigenvalue weighted by atomic mass is 32.2.